The van der Waals surface area contributed by atoms with Crippen LogP contribution in [0.4, 0.5) is 4.39 Å². The van der Waals surface area contributed by atoms with Crippen molar-refractivity contribution >= 4 is 5.91 Å². The molecule has 4 heteroatoms. The first kappa shape index (κ1) is 11.6. The lowest BCUT2D eigenvalue weighted by atomic mass is 10.1. The van der Waals surface area contributed by atoms with Crippen molar-refractivity contribution in [3.63, 3.8) is 0 Å². The summed E-state index contributed by atoms with van der Waals surface area (Å²) in [6, 6.07) is 7.82. The largest absolute Gasteiger partial charge is 0.340 e. The van der Waals surface area contributed by atoms with Crippen LogP contribution in [0.15, 0.2) is 24.3 Å². The molecule has 1 unspecified atom stereocenters. The van der Waals surface area contributed by atoms with Gasteiger partial charge in [0, 0.05) is 0 Å². The number of hydrogen-bond donors (Lipinski definition) is 1. The minimum atomic E-state index is -0.422. The summed E-state index contributed by atoms with van der Waals surface area (Å²) in [6.07, 6.45) is 1.95. The second-order valence-electron chi connectivity index (χ2n) is 4.28. The second-order valence-corrected chi connectivity index (χ2v) is 4.28. The fourth-order valence-electron chi connectivity index (χ4n) is 1.72. The maximum absolute atomic E-state index is 13.3. The van der Waals surface area contributed by atoms with Gasteiger partial charge in [0.15, 0.2) is 0 Å². The molecular weight excluding hydrogens is 219 g/mol. The normalized spacial score (nSPS) is 16.0. The van der Waals surface area contributed by atoms with Gasteiger partial charge in [-0.3, -0.25) is 4.79 Å². The molecule has 0 aromatic heterocycles. The third-order valence-electron chi connectivity index (χ3n) is 2.86. The molecule has 0 aliphatic heterocycles. The van der Waals surface area contributed by atoms with Crippen molar-refractivity contribution in [1.29, 1.82) is 5.26 Å². The monoisotopic (exact) mass is 232 g/mol. The van der Waals surface area contributed by atoms with E-state index < -0.39 is 6.04 Å². The van der Waals surface area contributed by atoms with Gasteiger partial charge in [-0.05, 0) is 30.4 Å². The molecule has 1 aliphatic rings. The van der Waals surface area contributed by atoms with Crippen LogP contribution in [0.1, 0.15) is 18.4 Å². The number of hydrogen-bond acceptors (Lipinski definition) is 2. The van der Waals surface area contributed by atoms with Crippen molar-refractivity contribution in [3.8, 4) is 6.07 Å². The van der Waals surface area contributed by atoms with Crippen molar-refractivity contribution in [2.75, 3.05) is 0 Å². The molecule has 0 bridgehead atoms. The molecule has 1 aromatic carbocycles. The van der Waals surface area contributed by atoms with Gasteiger partial charge in [0.1, 0.15) is 11.9 Å². The number of carbonyl (C=O) groups is 1. The first-order valence-corrected chi connectivity index (χ1v) is 5.63. The minimum Gasteiger partial charge on any atom is -0.340 e. The standard InChI is InChI=1S/C13H13FN2O/c14-11-4-2-1-3-10(11)7-13(17)16-12(8-15)9-5-6-9/h1-4,9,12H,5-7H2,(H,16,17). The van der Waals surface area contributed by atoms with Crippen LogP contribution in [0, 0.1) is 23.1 Å². The van der Waals surface area contributed by atoms with E-state index >= 15 is 0 Å². The lowest BCUT2D eigenvalue weighted by Gasteiger charge is -2.10. The summed E-state index contributed by atoms with van der Waals surface area (Å²) in [5.74, 6) is -0.402. The van der Waals surface area contributed by atoms with Crippen molar-refractivity contribution < 1.29 is 9.18 Å². The maximum Gasteiger partial charge on any atom is 0.225 e. The Morgan fingerprint density at radius 3 is 2.82 bits per heavy atom. The van der Waals surface area contributed by atoms with Gasteiger partial charge in [-0.25, -0.2) is 4.39 Å². The Kier molecular flexibility index (Phi) is 3.38. The highest BCUT2D eigenvalue weighted by molar-refractivity contribution is 5.79. The molecule has 88 valence electrons. The number of benzene rings is 1. The Hall–Kier alpha value is -1.89. The highest BCUT2D eigenvalue weighted by Gasteiger charge is 2.32. The third kappa shape index (κ3) is 3.04. The summed E-state index contributed by atoms with van der Waals surface area (Å²) in [7, 11) is 0. The molecule has 1 amide bonds. The number of amides is 1. The van der Waals surface area contributed by atoms with E-state index in [0.717, 1.165) is 12.8 Å². The van der Waals surface area contributed by atoms with E-state index in [2.05, 4.69) is 11.4 Å². The maximum atomic E-state index is 13.3. The number of nitrogens with zero attached hydrogens (tertiary/aromatic N) is 1. The molecule has 17 heavy (non-hydrogen) atoms. The van der Waals surface area contributed by atoms with Gasteiger partial charge >= 0.3 is 0 Å². The lowest BCUT2D eigenvalue weighted by Crippen LogP contribution is -2.36. The highest BCUT2D eigenvalue weighted by atomic mass is 19.1. The zero-order valence-corrected chi connectivity index (χ0v) is 9.32. The molecule has 0 saturated heterocycles. The predicted octanol–water partition coefficient (Wildman–Crippen LogP) is 1.79. The average molecular weight is 232 g/mol. The molecule has 0 heterocycles. The minimum absolute atomic E-state index is 0.0163. The quantitative estimate of drug-likeness (QED) is 0.860. The number of halogens is 1. The van der Waals surface area contributed by atoms with Gasteiger partial charge < -0.3 is 5.32 Å². The van der Waals surface area contributed by atoms with Gasteiger partial charge in [0.2, 0.25) is 5.91 Å². The van der Waals surface area contributed by atoms with Gasteiger partial charge in [0.25, 0.3) is 0 Å². The molecule has 2 rings (SSSR count). The first-order chi connectivity index (χ1) is 8.20. The van der Waals surface area contributed by atoms with E-state index in [1.807, 2.05) is 0 Å². The van der Waals surface area contributed by atoms with E-state index in [0.29, 0.717) is 5.56 Å². The molecule has 3 nitrogen and oxygen atoms in total. The molecule has 1 aliphatic carbocycles. The second kappa shape index (κ2) is 4.96. The Morgan fingerprint density at radius 1 is 1.53 bits per heavy atom. The summed E-state index contributed by atoms with van der Waals surface area (Å²) in [5.41, 5.74) is 0.359. The average Bonchev–Trinajstić information content (AvgIpc) is 3.13. The fourth-order valence-corrected chi connectivity index (χ4v) is 1.72. The van der Waals surface area contributed by atoms with Crippen LogP contribution in [-0.2, 0) is 11.2 Å². The van der Waals surface area contributed by atoms with Gasteiger partial charge in [-0.1, -0.05) is 18.2 Å². The van der Waals surface area contributed by atoms with Crippen molar-refractivity contribution in [3.05, 3.63) is 35.6 Å². The van der Waals surface area contributed by atoms with Crippen molar-refractivity contribution in [1.82, 2.24) is 5.32 Å². The summed E-state index contributed by atoms with van der Waals surface area (Å²) in [6.45, 7) is 0. The third-order valence-corrected chi connectivity index (χ3v) is 2.86. The van der Waals surface area contributed by atoms with E-state index in [-0.39, 0.29) is 24.1 Å². The lowest BCUT2D eigenvalue weighted by molar-refractivity contribution is -0.121. The zero-order valence-electron chi connectivity index (χ0n) is 9.32. The predicted molar refractivity (Wildman–Crippen MR) is 60.4 cm³/mol. The smallest absolute Gasteiger partial charge is 0.225 e. The summed E-state index contributed by atoms with van der Waals surface area (Å²) < 4.78 is 13.3. The summed E-state index contributed by atoms with van der Waals surface area (Å²) in [5, 5.41) is 11.5. The van der Waals surface area contributed by atoms with Crippen LogP contribution in [0.5, 0.6) is 0 Å². The van der Waals surface area contributed by atoms with E-state index in [1.165, 1.54) is 6.07 Å². The number of rotatable bonds is 4. The number of carbonyl (C=O) groups excluding carboxylic acids is 1. The van der Waals surface area contributed by atoms with Crippen LogP contribution in [0.25, 0.3) is 0 Å². The van der Waals surface area contributed by atoms with Gasteiger partial charge in [0.05, 0.1) is 12.5 Å². The van der Waals surface area contributed by atoms with Crippen LogP contribution < -0.4 is 5.32 Å². The van der Waals surface area contributed by atoms with E-state index in [1.54, 1.807) is 18.2 Å². The highest BCUT2D eigenvalue weighted by Crippen LogP contribution is 2.32. The Bertz CT molecular complexity index is 463. The first-order valence-electron chi connectivity index (χ1n) is 5.63. The summed E-state index contributed by atoms with van der Waals surface area (Å²) in [4.78, 5) is 11.6. The SMILES string of the molecule is N#CC(NC(=O)Cc1ccccc1F)C1CC1. The zero-order chi connectivity index (χ0) is 12.3. The number of nitriles is 1. The van der Waals surface area contributed by atoms with Gasteiger partial charge in [-0.15, -0.1) is 0 Å². The van der Waals surface area contributed by atoms with Crippen LogP contribution >= 0.6 is 0 Å². The molecule has 0 spiro atoms. The molecule has 1 aromatic rings. The fraction of sp³-hybridized carbons (Fsp3) is 0.385. The van der Waals surface area contributed by atoms with Crippen LogP contribution in [-0.4, -0.2) is 11.9 Å². The van der Waals surface area contributed by atoms with E-state index in [4.69, 9.17) is 5.26 Å². The summed E-state index contributed by atoms with van der Waals surface area (Å²) >= 11 is 0. The Morgan fingerprint density at radius 2 is 2.24 bits per heavy atom. The van der Waals surface area contributed by atoms with Crippen LogP contribution in [0.3, 0.4) is 0 Å². The van der Waals surface area contributed by atoms with E-state index in [9.17, 15) is 9.18 Å². The topological polar surface area (TPSA) is 52.9 Å². The molecule has 0 radical (unpaired) electrons. The van der Waals surface area contributed by atoms with Gasteiger partial charge in [-0.2, -0.15) is 5.26 Å². The van der Waals surface area contributed by atoms with Crippen LogP contribution in [0.2, 0.25) is 0 Å². The molecule has 1 N–H and O–H groups in total. The molecule has 1 saturated carbocycles. The van der Waals surface area contributed by atoms with Crippen molar-refractivity contribution in [2.24, 2.45) is 5.92 Å². The van der Waals surface area contributed by atoms with Crippen molar-refractivity contribution in [2.45, 2.75) is 25.3 Å². The Labute approximate surface area is 99.2 Å². The number of nitrogens with one attached hydrogen (secondary N) is 1. The Balaban J connectivity index is 1.93. The molecule has 1 atom stereocenters. The molecular formula is C13H13FN2O. The molecule has 1 fully saturated rings.